The van der Waals surface area contributed by atoms with Gasteiger partial charge in [-0.2, -0.15) is 10.4 Å². The van der Waals surface area contributed by atoms with Gasteiger partial charge in [0.1, 0.15) is 6.07 Å². The number of hydrogen-bond donors (Lipinski definition) is 0. The molecule has 20 heavy (non-hydrogen) atoms. The Morgan fingerprint density at radius 1 is 1.35 bits per heavy atom. The highest BCUT2D eigenvalue weighted by Crippen LogP contribution is 2.20. The van der Waals surface area contributed by atoms with Crippen molar-refractivity contribution in [3.05, 3.63) is 18.0 Å². The highest BCUT2D eigenvalue weighted by atomic mass is 16.2. The van der Waals surface area contributed by atoms with Crippen LogP contribution in [0.2, 0.25) is 0 Å². The van der Waals surface area contributed by atoms with E-state index >= 15 is 0 Å². The summed E-state index contributed by atoms with van der Waals surface area (Å²) in [7, 11) is 0. The lowest BCUT2D eigenvalue weighted by Crippen LogP contribution is -2.51. The Kier molecular flexibility index (Phi) is 3.70. The second-order valence-electron chi connectivity index (χ2n) is 5.57. The van der Waals surface area contributed by atoms with Gasteiger partial charge in [0.25, 0.3) is 0 Å². The van der Waals surface area contributed by atoms with Gasteiger partial charge in [-0.1, -0.05) is 0 Å². The molecule has 0 N–H and O–H groups in total. The van der Waals surface area contributed by atoms with Crippen molar-refractivity contribution in [3.63, 3.8) is 0 Å². The standard InChI is InChI=1S/C14H19N5O/c15-7-12-8-16-19(9-12)13-10-17(11-13)5-6-18-4-2-1-3-14(18)20/h8-9,13H,1-6,10-11H2. The van der Waals surface area contributed by atoms with Crippen molar-refractivity contribution in [1.29, 1.82) is 5.26 Å². The zero-order chi connectivity index (χ0) is 13.9. The van der Waals surface area contributed by atoms with Crippen LogP contribution in [0, 0.1) is 11.3 Å². The zero-order valence-corrected chi connectivity index (χ0v) is 11.5. The fraction of sp³-hybridized carbons (Fsp3) is 0.643. The van der Waals surface area contributed by atoms with E-state index in [0.29, 0.717) is 23.9 Å². The van der Waals surface area contributed by atoms with Crippen LogP contribution in [0.25, 0.3) is 0 Å². The van der Waals surface area contributed by atoms with E-state index in [9.17, 15) is 4.79 Å². The minimum Gasteiger partial charge on any atom is -0.341 e. The van der Waals surface area contributed by atoms with Crippen LogP contribution < -0.4 is 0 Å². The largest absolute Gasteiger partial charge is 0.341 e. The molecule has 3 rings (SSSR count). The van der Waals surface area contributed by atoms with Crippen LogP contribution in [0.15, 0.2) is 12.4 Å². The van der Waals surface area contributed by atoms with Crippen LogP contribution in [0.1, 0.15) is 30.9 Å². The lowest BCUT2D eigenvalue weighted by molar-refractivity contribution is -0.133. The van der Waals surface area contributed by atoms with Gasteiger partial charge in [-0.25, -0.2) is 0 Å². The highest BCUT2D eigenvalue weighted by Gasteiger charge is 2.29. The van der Waals surface area contributed by atoms with E-state index in [4.69, 9.17) is 5.26 Å². The lowest BCUT2D eigenvalue weighted by Gasteiger charge is -2.40. The van der Waals surface area contributed by atoms with E-state index in [-0.39, 0.29) is 0 Å². The number of hydrogen-bond acceptors (Lipinski definition) is 4. The van der Waals surface area contributed by atoms with Gasteiger partial charge in [-0.05, 0) is 12.8 Å². The number of carbonyl (C=O) groups is 1. The molecule has 106 valence electrons. The molecule has 3 heterocycles. The van der Waals surface area contributed by atoms with E-state index in [1.165, 1.54) is 0 Å². The highest BCUT2D eigenvalue weighted by molar-refractivity contribution is 5.76. The molecule has 0 atom stereocenters. The van der Waals surface area contributed by atoms with E-state index < -0.39 is 0 Å². The van der Waals surface area contributed by atoms with Gasteiger partial charge in [0.15, 0.2) is 0 Å². The van der Waals surface area contributed by atoms with Crippen molar-refractivity contribution in [3.8, 4) is 6.07 Å². The smallest absolute Gasteiger partial charge is 0.222 e. The normalized spacial score (nSPS) is 20.8. The molecule has 1 aromatic heterocycles. The van der Waals surface area contributed by atoms with E-state index in [2.05, 4.69) is 16.1 Å². The fourth-order valence-electron chi connectivity index (χ4n) is 2.85. The summed E-state index contributed by atoms with van der Waals surface area (Å²) >= 11 is 0. The summed E-state index contributed by atoms with van der Waals surface area (Å²) < 4.78 is 1.88. The molecule has 1 amide bonds. The Hall–Kier alpha value is -1.87. The van der Waals surface area contributed by atoms with E-state index in [1.54, 1.807) is 12.4 Å². The molecule has 0 bridgehead atoms. The van der Waals surface area contributed by atoms with Gasteiger partial charge in [0.2, 0.25) is 5.91 Å². The van der Waals surface area contributed by atoms with E-state index in [0.717, 1.165) is 45.6 Å². The molecule has 2 aliphatic heterocycles. The molecular weight excluding hydrogens is 254 g/mol. The van der Waals surface area contributed by atoms with Crippen molar-refractivity contribution in [2.24, 2.45) is 0 Å². The maximum absolute atomic E-state index is 11.7. The third-order valence-electron chi connectivity index (χ3n) is 4.15. The van der Waals surface area contributed by atoms with Gasteiger partial charge in [0, 0.05) is 45.3 Å². The lowest BCUT2D eigenvalue weighted by atomic mass is 10.1. The topological polar surface area (TPSA) is 65.2 Å². The minimum absolute atomic E-state index is 0.305. The second kappa shape index (κ2) is 5.63. The monoisotopic (exact) mass is 273 g/mol. The predicted octanol–water partition coefficient (Wildman–Crippen LogP) is 0.624. The molecule has 1 aromatic rings. The molecule has 6 heteroatoms. The van der Waals surface area contributed by atoms with Crippen molar-refractivity contribution < 1.29 is 4.79 Å². The quantitative estimate of drug-likeness (QED) is 0.807. The number of carbonyl (C=O) groups excluding carboxylic acids is 1. The predicted molar refractivity (Wildman–Crippen MR) is 72.9 cm³/mol. The zero-order valence-electron chi connectivity index (χ0n) is 11.5. The third-order valence-corrected chi connectivity index (χ3v) is 4.15. The van der Waals surface area contributed by atoms with Crippen LogP contribution in [0.4, 0.5) is 0 Å². The van der Waals surface area contributed by atoms with Gasteiger partial charge < -0.3 is 4.90 Å². The van der Waals surface area contributed by atoms with Crippen molar-refractivity contribution >= 4 is 5.91 Å². The van der Waals surface area contributed by atoms with Gasteiger partial charge in [0.05, 0.1) is 17.8 Å². The summed E-state index contributed by atoms with van der Waals surface area (Å²) in [6.07, 6.45) is 6.30. The Morgan fingerprint density at radius 2 is 2.20 bits per heavy atom. The first kappa shape index (κ1) is 13.1. The first-order chi connectivity index (χ1) is 9.76. The van der Waals surface area contributed by atoms with Crippen LogP contribution >= 0.6 is 0 Å². The summed E-state index contributed by atoms with van der Waals surface area (Å²) in [4.78, 5) is 16.0. The Morgan fingerprint density at radius 3 is 2.90 bits per heavy atom. The van der Waals surface area contributed by atoms with Crippen LogP contribution in [-0.4, -0.2) is 58.2 Å². The average molecular weight is 273 g/mol. The van der Waals surface area contributed by atoms with Gasteiger partial charge in [-0.15, -0.1) is 0 Å². The van der Waals surface area contributed by atoms with Gasteiger partial charge >= 0.3 is 0 Å². The van der Waals surface area contributed by atoms with Crippen molar-refractivity contribution in [2.75, 3.05) is 32.7 Å². The molecule has 0 spiro atoms. The number of nitrogens with zero attached hydrogens (tertiary/aromatic N) is 5. The number of nitriles is 1. The van der Waals surface area contributed by atoms with Crippen LogP contribution in [-0.2, 0) is 4.79 Å². The molecule has 0 saturated carbocycles. The fourth-order valence-corrected chi connectivity index (χ4v) is 2.85. The van der Waals surface area contributed by atoms with Gasteiger partial charge in [-0.3, -0.25) is 14.4 Å². The molecule has 0 unspecified atom stereocenters. The number of amides is 1. The minimum atomic E-state index is 0.305. The van der Waals surface area contributed by atoms with Crippen LogP contribution in [0.5, 0.6) is 0 Å². The molecular formula is C14H19N5O. The molecule has 2 fully saturated rings. The first-order valence-electron chi connectivity index (χ1n) is 7.20. The Labute approximate surface area is 118 Å². The second-order valence-corrected chi connectivity index (χ2v) is 5.57. The molecule has 6 nitrogen and oxygen atoms in total. The SMILES string of the molecule is N#Cc1cnn(C2CN(CCN3CCCCC3=O)C2)c1. The summed E-state index contributed by atoms with van der Waals surface area (Å²) in [6, 6.07) is 2.46. The van der Waals surface area contributed by atoms with Crippen LogP contribution in [0.3, 0.4) is 0 Å². The summed E-state index contributed by atoms with van der Waals surface area (Å²) in [5.41, 5.74) is 0.613. The molecule has 0 aromatic carbocycles. The van der Waals surface area contributed by atoms with Crippen molar-refractivity contribution in [1.82, 2.24) is 19.6 Å². The Bertz CT molecular complexity index is 526. The average Bonchev–Trinajstić information content (AvgIpc) is 2.87. The maximum atomic E-state index is 11.7. The molecule has 0 aliphatic carbocycles. The van der Waals surface area contributed by atoms with E-state index in [1.807, 2.05) is 9.58 Å². The number of aromatic nitrogens is 2. The van der Waals surface area contributed by atoms with Crippen molar-refractivity contribution in [2.45, 2.75) is 25.3 Å². The molecule has 2 aliphatic rings. The summed E-state index contributed by atoms with van der Waals surface area (Å²) in [6.45, 7) is 4.60. The molecule has 2 saturated heterocycles. The third kappa shape index (κ3) is 2.68. The Balaban J connectivity index is 1.42. The molecule has 0 radical (unpaired) electrons. The number of rotatable bonds is 4. The number of likely N-dealkylation sites (tertiary alicyclic amines) is 2. The summed E-state index contributed by atoms with van der Waals surface area (Å²) in [5, 5.41) is 13.0. The number of piperidine rings is 1. The maximum Gasteiger partial charge on any atom is 0.222 e. The first-order valence-corrected chi connectivity index (χ1v) is 7.20. The summed E-state index contributed by atoms with van der Waals surface area (Å²) in [5.74, 6) is 0.305.